The van der Waals surface area contributed by atoms with Gasteiger partial charge in [0.05, 0.1) is 0 Å². The highest BCUT2D eigenvalue weighted by atomic mass is 32.1. The average Bonchev–Trinajstić information content (AvgIpc) is 2.96. The summed E-state index contributed by atoms with van der Waals surface area (Å²) >= 11 is 5.18. The molecule has 0 aliphatic carbocycles. The molecule has 2 aromatic rings. The van der Waals surface area contributed by atoms with Crippen LogP contribution in [0.25, 0.3) is 0 Å². The third-order valence-electron chi connectivity index (χ3n) is 4.33. The molecule has 28 heavy (non-hydrogen) atoms. The summed E-state index contributed by atoms with van der Waals surface area (Å²) in [5.74, 6) is 0.0968. The van der Waals surface area contributed by atoms with Crippen molar-refractivity contribution in [1.29, 1.82) is 0 Å². The number of nitrogens with one attached hydrogen (secondary N) is 2. The largest absolute Gasteiger partial charge is 0.433 e. The van der Waals surface area contributed by atoms with Crippen LogP contribution in [-0.2, 0) is 12.7 Å². The predicted octanol–water partition coefficient (Wildman–Crippen LogP) is 3.76. The van der Waals surface area contributed by atoms with Gasteiger partial charge in [-0.3, -0.25) is 4.98 Å². The number of alkyl halides is 3. The van der Waals surface area contributed by atoms with Crippen molar-refractivity contribution in [3.05, 3.63) is 41.9 Å². The van der Waals surface area contributed by atoms with Crippen molar-refractivity contribution in [3.63, 3.8) is 0 Å². The first-order chi connectivity index (χ1) is 13.4. The van der Waals surface area contributed by atoms with Crippen molar-refractivity contribution < 1.29 is 13.2 Å². The monoisotopic (exact) mass is 410 g/mol. The minimum absolute atomic E-state index is 0.144. The fourth-order valence-electron chi connectivity index (χ4n) is 2.93. The molecule has 0 radical (unpaired) electrons. The molecule has 6 nitrogen and oxygen atoms in total. The molecule has 3 rings (SSSR count). The number of thiocarbonyl (C=S) groups is 1. The molecule has 2 aromatic heterocycles. The highest BCUT2D eigenvalue weighted by molar-refractivity contribution is 7.80. The lowest BCUT2D eigenvalue weighted by Crippen LogP contribution is -2.30. The number of aromatic nitrogens is 3. The van der Waals surface area contributed by atoms with Crippen molar-refractivity contribution in [1.82, 2.24) is 20.3 Å². The number of pyridine rings is 1. The Morgan fingerprint density at radius 1 is 1.14 bits per heavy atom. The normalized spacial score (nSPS) is 15.0. The van der Waals surface area contributed by atoms with E-state index in [2.05, 4.69) is 25.6 Å². The maximum atomic E-state index is 13.3. The van der Waals surface area contributed by atoms with Gasteiger partial charge in [-0.15, -0.1) is 0 Å². The lowest BCUT2D eigenvalue weighted by Gasteiger charge is -2.23. The second kappa shape index (κ2) is 9.13. The lowest BCUT2D eigenvalue weighted by molar-refractivity contribution is -0.141. The lowest BCUT2D eigenvalue weighted by atomic mass is 10.2. The number of nitrogens with zero attached hydrogens (tertiary/aromatic N) is 4. The molecule has 1 saturated heterocycles. The van der Waals surface area contributed by atoms with Gasteiger partial charge in [0.1, 0.15) is 5.82 Å². The number of hydrogen-bond acceptors (Lipinski definition) is 5. The van der Waals surface area contributed by atoms with E-state index in [1.54, 1.807) is 18.5 Å². The first-order valence-electron chi connectivity index (χ1n) is 9.07. The molecule has 3 heterocycles. The van der Waals surface area contributed by atoms with Gasteiger partial charge in [-0.2, -0.15) is 18.2 Å². The molecule has 0 bridgehead atoms. The van der Waals surface area contributed by atoms with E-state index in [1.165, 1.54) is 0 Å². The minimum Gasteiger partial charge on any atom is -0.358 e. The summed E-state index contributed by atoms with van der Waals surface area (Å²) in [7, 11) is 0. The Bertz CT molecular complexity index is 792. The second-order valence-electron chi connectivity index (χ2n) is 6.50. The van der Waals surface area contributed by atoms with Crippen LogP contribution < -0.4 is 15.5 Å². The van der Waals surface area contributed by atoms with Gasteiger partial charge in [-0.05, 0) is 36.7 Å². The number of halogens is 3. The summed E-state index contributed by atoms with van der Waals surface area (Å²) in [5, 5.41) is 5.73. The van der Waals surface area contributed by atoms with Gasteiger partial charge in [0.2, 0.25) is 5.95 Å². The molecular formula is C18H21F3N6S. The van der Waals surface area contributed by atoms with E-state index in [1.807, 2.05) is 11.0 Å². The number of rotatable bonds is 4. The number of hydrogen-bond donors (Lipinski definition) is 2. The Morgan fingerprint density at radius 2 is 1.89 bits per heavy atom. The molecule has 0 saturated carbocycles. The van der Waals surface area contributed by atoms with Gasteiger partial charge in [-0.1, -0.05) is 18.9 Å². The zero-order valence-corrected chi connectivity index (χ0v) is 16.0. The predicted molar refractivity (Wildman–Crippen MR) is 105 cm³/mol. The quantitative estimate of drug-likeness (QED) is 0.744. The van der Waals surface area contributed by atoms with E-state index in [0.717, 1.165) is 37.3 Å². The molecular weight excluding hydrogens is 389 g/mol. The Balaban J connectivity index is 1.75. The zero-order valence-electron chi connectivity index (χ0n) is 15.2. The second-order valence-corrected chi connectivity index (χ2v) is 6.91. The topological polar surface area (TPSA) is 66.0 Å². The summed E-state index contributed by atoms with van der Waals surface area (Å²) in [6.07, 6.45) is 2.76. The van der Waals surface area contributed by atoms with E-state index in [0.29, 0.717) is 19.6 Å². The van der Waals surface area contributed by atoms with Gasteiger partial charge in [0.25, 0.3) is 0 Å². The molecule has 150 valence electrons. The van der Waals surface area contributed by atoms with E-state index in [4.69, 9.17) is 12.2 Å². The molecule has 10 heteroatoms. The van der Waals surface area contributed by atoms with Crippen molar-refractivity contribution in [3.8, 4) is 0 Å². The smallest absolute Gasteiger partial charge is 0.358 e. The summed E-state index contributed by atoms with van der Waals surface area (Å²) < 4.78 is 39.9. The van der Waals surface area contributed by atoms with Gasteiger partial charge in [0.15, 0.2) is 10.8 Å². The fraction of sp³-hybridized carbons (Fsp3) is 0.444. The molecule has 2 N–H and O–H groups in total. The Morgan fingerprint density at radius 3 is 2.54 bits per heavy atom. The van der Waals surface area contributed by atoms with Crippen LogP contribution in [0.4, 0.5) is 24.9 Å². The third kappa shape index (κ3) is 5.75. The van der Waals surface area contributed by atoms with Crippen LogP contribution in [0.5, 0.6) is 0 Å². The minimum atomic E-state index is -4.56. The van der Waals surface area contributed by atoms with E-state index >= 15 is 0 Å². The van der Waals surface area contributed by atoms with Crippen LogP contribution in [0.3, 0.4) is 0 Å². The summed E-state index contributed by atoms with van der Waals surface area (Å²) in [6, 6.07) is 4.65. The van der Waals surface area contributed by atoms with Crippen LogP contribution in [0.2, 0.25) is 0 Å². The highest BCUT2D eigenvalue weighted by Crippen LogP contribution is 2.31. The molecule has 1 fully saturated rings. The Kier molecular flexibility index (Phi) is 6.61. The maximum absolute atomic E-state index is 13.3. The van der Waals surface area contributed by atoms with Gasteiger partial charge in [-0.25, -0.2) is 4.98 Å². The number of anilines is 2. The Labute approximate surface area is 166 Å². The third-order valence-corrected chi connectivity index (χ3v) is 4.58. The summed E-state index contributed by atoms with van der Waals surface area (Å²) in [6.45, 7) is 1.74. The van der Waals surface area contributed by atoms with E-state index in [9.17, 15) is 13.2 Å². The molecule has 0 unspecified atom stereocenters. The van der Waals surface area contributed by atoms with Gasteiger partial charge in [0, 0.05) is 38.1 Å². The van der Waals surface area contributed by atoms with Crippen molar-refractivity contribution in [2.24, 2.45) is 0 Å². The van der Waals surface area contributed by atoms with Gasteiger partial charge < -0.3 is 15.5 Å². The van der Waals surface area contributed by atoms with E-state index in [-0.39, 0.29) is 16.9 Å². The van der Waals surface area contributed by atoms with Crippen LogP contribution in [0, 0.1) is 0 Å². The standard InChI is InChI=1S/C18H21F3N6S/c19-18(20,21)14-10-15(27-8-3-1-2-4-9-27)25-16(24-14)26-17(28)23-12-13-6-5-7-22-11-13/h5-7,10-11H,1-4,8-9,12H2,(H2,23,24,25,26,28). The molecule has 0 amide bonds. The molecule has 0 atom stereocenters. The highest BCUT2D eigenvalue weighted by Gasteiger charge is 2.34. The van der Waals surface area contributed by atoms with E-state index < -0.39 is 11.9 Å². The van der Waals surface area contributed by atoms with Crippen LogP contribution in [0.15, 0.2) is 30.6 Å². The van der Waals surface area contributed by atoms with Crippen molar-refractivity contribution in [2.45, 2.75) is 38.4 Å². The zero-order chi connectivity index (χ0) is 20.0. The SMILES string of the molecule is FC(F)(F)c1cc(N2CCCCCC2)nc(NC(=S)NCc2cccnc2)n1. The Hall–Kier alpha value is -2.49. The van der Waals surface area contributed by atoms with Crippen LogP contribution in [-0.4, -0.2) is 33.2 Å². The first-order valence-corrected chi connectivity index (χ1v) is 9.47. The van der Waals surface area contributed by atoms with Crippen molar-refractivity contribution >= 4 is 29.1 Å². The van der Waals surface area contributed by atoms with Crippen LogP contribution >= 0.6 is 12.2 Å². The van der Waals surface area contributed by atoms with Crippen LogP contribution in [0.1, 0.15) is 36.9 Å². The fourth-order valence-corrected chi connectivity index (χ4v) is 3.09. The summed E-state index contributed by atoms with van der Waals surface area (Å²) in [5.41, 5.74) is -0.0961. The molecule has 0 spiro atoms. The average molecular weight is 410 g/mol. The summed E-state index contributed by atoms with van der Waals surface area (Å²) in [4.78, 5) is 13.7. The molecule has 1 aliphatic heterocycles. The molecule has 1 aliphatic rings. The van der Waals surface area contributed by atoms with Crippen molar-refractivity contribution in [2.75, 3.05) is 23.3 Å². The van der Waals surface area contributed by atoms with Gasteiger partial charge >= 0.3 is 6.18 Å². The maximum Gasteiger partial charge on any atom is 0.433 e. The molecule has 0 aromatic carbocycles. The first kappa shape index (κ1) is 20.2.